The Bertz CT molecular complexity index is 648. The molecule has 0 unspecified atom stereocenters. The molecule has 6 nitrogen and oxygen atoms in total. The predicted molar refractivity (Wildman–Crippen MR) is 92.2 cm³/mol. The molecule has 4 rings (SSSR count). The second-order valence-corrected chi connectivity index (χ2v) is 8.30. The molecule has 0 aromatic heterocycles. The molecule has 7 heteroatoms. The van der Waals surface area contributed by atoms with Crippen LogP contribution in [0.25, 0.3) is 0 Å². The SMILES string of the molecule is CC1(C)O[C@H]2O[C@H]([C@H]3COC(C)(C)O3)[C@H](Oc3ccccc3Br)[C@H]2O1. The maximum Gasteiger partial charge on any atom is 0.191 e. The molecule has 0 amide bonds. The van der Waals surface area contributed by atoms with E-state index in [4.69, 9.17) is 28.4 Å². The molecular weight excluding hydrogens is 392 g/mol. The first kappa shape index (κ1) is 17.7. The largest absolute Gasteiger partial charge is 0.483 e. The van der Waals surface area contributed by atoms with Crippen LogP contribution in [0.5, 0.6) is 5.75 Å². The second kappa shape index (κ2) is 6.18. The number of benzene rings is 1. The summed E-state index contributed by atoms with van der Waals surface area (Å²) in [6.45, 7) is 7.97. The van der Waals surface area contributed by atoms with E-state index in [2.05, 4.69) is 15.9 Å². The van der Waals surface area contributed by atoms with E-state index >= 15 is 0 Å². The molecule has 1 aromatic carbocycles. The van der Waals surface area contributed by atoms with Crippen LogP contribution in [0, 0.1) is 0 Å². The quantitative estimate of drug-likeness (QED) is 0.756. The number of hydrogen-bond acceptors (Lipinski definition) is 6. The van der Waals surface area contributed by atoms with Gasteiger partial charge in [0.25, 0.3) is 0 Å². The molecule has 0 bridgehead atoms. The third-order valence-electron chi connectivity index (χ3n) is 4.52. The standard InChI is InChI=1S/C18H23BrO6/c1-17(2)20-9-12(23-17)13-14(21-11-8-6-5-7-10(11)19)15-16(22-13)25-18(3,4)24-15/h5-8,12-16H,9H2,1-4H3/t12-,13-,14+,15-,16-/m1/s1. The van der Waals surface area contributed by atoms with Crippen molar-refractivity contribution in [2.45, 2.75) is 70.0 Å². The molecule has 0 spiro atoms. The van der Waals surface area contributed by atoms with Crippen molar-refractivity contribution >= 4 is 15.9 Å². The van der Waals surface area contributed by atoms with Crippen LogP contribution in [0.15, 0.2) is 28.7 Å². The topological polar surface area (TPSA) is 55.4 Å². The highest BCUT2D eigenvalue weighted by molar-refractivity contribution is 9.10. The van der Waals surface area contributed by atoms with Crippen molar-refractivity contribution in [3.8, 4) is 5.75 Å². The van der Waals surface area contributed by atoms with Gasteiger partial charge in [-0.05, 0) is 55.8 Å². The van der Waals surface area contributed by atoms with Crippen molar-refractivity contribution in [2.75, 3.05) is 6.61 Å². The first-order chi connectivity index (χ1) is 11.7. The normalized spacial score (nSPS) is 38.7. The molecule has 0 N–H and O–H groups in total. The Morgan fingerprint density at radius 2 is 1.76 bits per heavy atom. The Hall–Kier alpha value is -0.700. The summed E-state index contributed by atoms with van der Waals surface area (Å²) in [6.07, 6.45) is -1.78. The molecule has 3 heterocycles. The van der Waals surface area contributed by atoms with Gasteiger partial charge >= 0.3 is 0 Å². The maximum atomic E-state index is 6.29. The van der Waals surface area contributed by atoms with E-state index in [-0.39, 0.29) is 24.4 Å². The summed E-state index contributed by atoms with van der Waals surface area (Å²) in [6, 6.07) is 7.71. The number of para-hydroxylation sites is 1. The lowest BCUT2D eigenvalue weighted by atomic mass is 10.1. The second-order valence-electron chi connectivity index (χ2n) is 7.45. The van der Waals surface area contributed by atoms with E-state index < -0.39 is 17.9 Å². The van der Waals surface area contributed by atoms with Crippen LogP contribution in [0.1, 0.15) is 27.7 Å². The first-order valence-electron chi connectivity index (χ1n) is 8.48. The van der Waals surface area contributed by atoms with E-state index in [1.54, 1.807) is 0 Å². The molecule has 3 saturated heterocycles. The van der Waals surface area contributed by atoms with Crippen molar-refractivity contribution in [1.29, 1.82) is 0 Å². The van der Waals surface area contributed by atoms with Gasteiger partial charge in [0.05, 0.1) is 11.1 Å². The van der Waals surface area contributed by atoms with Gasteiger partial charge in [-0.2, -0.15) is 0 Å². The fourth-order valence-electron chi connectivity index (χ4n) is 3.50. The molecule has 3 fully saturated rings. The van der Waals surface area contributed by atoms with E-state index in [0.29, 0.717) is 6.61 Å². The Kier molecular flexibility index (Phi) is 4.38. The molecule has 5 atom stereocenters. The van der Waals surface area contributed by atoms with Gasteiger partial charge < -0.3 is 28.4 Å². The fraction of sp³-hybridized carbons (Fsp3) is 0.667. The van der Waals surface area contributed by atoms with Gasteiger partial charge in [-0.15, -0.1) is 0 Å². The van der Waals surface area contributed by atoms with Crippen molar-refractivity contribution in [2.24, 2.45) is 0 Å². The summed E-state index contributed by atoms with van der Waals surface area (Å²) in [5, 5.41) is 0. The van der Waals surface area contributed by atoms with Crippen LogP contribution < -0.4 is 4.74 Å². The van der Waals surface area contributed by atoms with Gasteiger partial charge in [-0.1, -0.05) is 12.1 Å². The van der Waals surface area contributed by atoms with Crippen LogP contribution in [0.2, 0.25) is 0 Å². The van der Waals surface area contributed by atoms with Gasteiger partial charge in [-0.25, -0.2) is 0 Å². The molecule has 138 valence electrons. The minimum Gasteiger partial charge on any atom is -0.483 e. The molecule has 1 aromatic rings. The van der Waals surface area contributed by atoms with Gasteiger partial charge in [-0.3, -0.25) is 0 Å². The molecule has 3 aliphatic heterocycles. The summed E-state index contributed by atoms with van der Waals surface area (Å²) < 4.78 is 36.9. The van der Waals surface area contributed by atoms with E-state index in [0.717, 1.165) is 10.2 Å². The Morgan fingerprint density at radius 3 is 2.44 bits per heavy atom. The minimum atomic E-state index is -0.706. The highest BCUT2D eigenvalue weighted by Gasteiger charge is 2.59. The molecule has 3 aliphatic rings. The van der Waals surface area contributed by atoms with Gasteiger partial charge in [0.15, 0.2) is 30.1 Å². The summed E-state index contributed by atoms with van der Waals surface area (Å²) in [5.74, 6) is -0.611. The van der Waals surface area contributed by atoms with Crippen molar-refractivity contribution in [1.82, 2.24) is 0 Å². The fourth-order valence-corrected chi connectivity index (χ4v) is 3.88. The Balaban J connectivity index is 1.59. The van der Waals surface area contributed by atoms with Crippen LogP contribution in [-0.2, 0) is 23.7 Å². The Labute approximate surface area is 155 Å². The van der Waals surface area contributed by atoms with Crippen LogP contribution in [0.3, 0.4) is 0 Å². The minimum absolute atomic E-state index is 0.247. The zero-order valence-corrected chi connectivity index (χ0v) is 16.3. The summed E-state index contributed by atoms with van der Waals surface area (Å²) in [5.41, 5.74) is 0. The summed E-state index contributed by atoms with van der Waals surface area (Å²) >= 11 is 3.53. The smallest absolute Gasteiger partial charge is 0.191 e. The number of hydrogen-bond donors (Lipinski definition) is 0. The average Bonchev–Trinajstić information content (AvgIpc) is 3.12. The van der Waals surface area contributed by atoms with E-state index in [9.17, 15) is 0 Å². The first-order valence-corrected chi connectivity index (χ1v) is 9.27. The molecule has 0 radical (unpaired) electrons. The zero-order valence-electron chi connectivity index (χ0n) is 14.7. The lowest BCUT2D eigenvalue weighted by Gasteiger charge is -2.29. The third-order valence-corrected chi connectivity index (χ3v) is 5.18. The van der Waals surface area contributed by atoms with Crippen LogP contribution >= 0.6 is 15.9 Å². The monoisotopic (exact) mass is 414 g/mol. The van der Waals surface area contributed by atoms with E-state index in [1.807, 2.05) is 52.0 Å². The van der Waals surface area contributed by atoms with Crippen molar-refractivity contribution in [3.63, 3.8) is 0 Å². The predicted octanol–water partition coefficient (Wildman–Crippen LogP) is 3.22. The van der Waals surface area contributed by atoms with E-state index in [1.165, 1.54) is 0 Å². The average molecular weight is 415 g/mol. The highest BCUT2D eigenvalue weighted by Crippen LogP contribution is 2.42. The lowest BCUT2D eigenvalue weighted by molar-refractivity contribution is -0.230. The maximum absolute atomic E-state index is 6.29. The number of rotatable bonds is 3. The van der Waals surface area contributed by atoms with Crippen LogP contribution in [0.4, 0.5) is 0 Å². The molecule has 0 saturated carbocycles. The van der Waals surface area contributed by atoms with Crippen LogP contribution in [-0.4, -0.2) is 48.9 Å². The summed E-state index contributed by atoms with van der Waals surface area (Å²) in [4.78, 5) is 0. The number of fused-ring (bicyclic) bond motifs is 1. The van der Waals surface area contributed by atoms with Crippen molar-refractivity contribution in [3.05, 3.63) is 28.7 Å². The summed E-state index contributed by atoms with van der Waals surface area (Å²) in [7, 11) is 0. The van der Waals surface area contributed by atoms with Gasteiger partial charge in [0, 0.05) is 0 Å². The molecule has 0 aliphatic carbocycles. The molecule has 25 heavy (non-hydrogen) atoms. The van der Waals surface area contributed by atoms with Crippen molar-refractivity contribution < 1.29 is 28.4 Å². The Morgan fingerprint density at radius 1 is 1.00 bits per heavy atom. The lowest BCUT2D eigenvalue weighted by Crippen LogP contribution is -2.45. The molecular formula is C18H23BrO6. The zero-order chi connectivity index (χ0) is 17.8. The number of halogens is 1. The van der Waals surface area contributed by atoms with Gasteiger partial charge in [0.1, 0.15) is 18.0 Å². The number of ether oxygens (including phenoxy) is 6. The highest BCUT2D eigenvalue weighted by atomic mass is 79.9. The van der Waals surface area contributed by atoms with Gasteiger partial charge in [0.2, 0.25) is 0 Å². The third kappa shape index (κ3) is 3.46.